The molecule has 3 rings (SSSR count). The van der Waals surface area contributed by atoms with Gasteiger partial charge in [0.1, 0.15) is 12.4 Å². The lowest BCUT2D eigenvalue weighted by atomic mass is 10.1. The third-order valence-corrected chi connectivity index (χ3v) is 4.79. The highest BCUT2D eigenvalue weighted by Crippen LogP contribution is 2.24. The fourth-order valence-electron chi connectivity index (χ4n) is 3.38. The maximum Gasteiger partial charge on any atom is 0.251 e. The minimum atomic E-state index is -0.279. The molecule has 1 unspecified atom stereocenters. The largest absolute Gasteiger partial charge is 0.355 e. The first-order valence-corrected chi connectivity index (χ1v) is 10.2. The summed E-state index contributed by atoms with van der Waals surface area (Å²) in [7, 11) is 0. The molecule has 1 aromatic heterocycles. The standard InChI is InChI=1S/C23H28N4O2/c1-3-10-19(26-23(29)17-11-6-5-7-12-17)22-25-18-13-8-9-14-20(18)27(22)16-21(28)24-15-4-2/h5-9,11-14,19H,3-4,10,15-16H2,1-2H3,(H,24,28)(H,26,29). The first kappa shape index (κ1) is 20.6. The van der Waals surface area contributed by atoms with Crippen molar-refractivity contribution in [3.8, 4) is 0 Å². The summed E-state index contributed by atoms with van der Waals surface area (Å²) in [5, 5.41) is 6.04. The van der Waals surface area contributed by atoms with E-state index >= 15 is 0 Å². The Morgan fingerprint density at radius 2 is 1.72 bits per heavy atom. The molecule has 29 heavy (non-hydrogen) atoms. The molecule has 3 aromatic rings. The summed E-state index contributed by atoms with van der Waals surface area (Å²) in [5.74, 6) is 0.517. The molecule has 2 N–H and O–H groups in total. The van der Waals surface area contributed by atoms with Gasteiger partial charge in [0.05, 0.1) is 17.1 Å². The Morgan fingerprint density at radius 3 is 2.45 bits per heavy atom. The number of nitrogens with one attached hydrogen (secondary N) is 2. The Kier molecular flexibility index (Phi) is 7.00. The molecule has 1 atom stereocenters. The number of carbonyl (C=O) groups excluding carboxylic acids is 2. The van der Waals surface area contributed by atoms with Gasteiger partial charge in [-0.2, -0.15) is 0 Å². The number of amides is 2. The molecule has 0 aliphatic carbocycles. The van der Waals surface area contributed by atoms with Gasteiger partial charge < -0.3 is 15.2 Å². The van der Waals surface area contributed by atoms with Crippen LogP contribution in [0.2, 0.25) is 0 Å². The van der Waals surface area contributed by atoms with E-state index < -0.39 is 0 Å². The third kappa shape index (κ3) is 5.02. The lowest BCUT2D eigenvalue weighted by molar-refractivity contribution is -0.121. The molecule has 0 bridgehead atoms. The third-order valence-electron chi connectivity index (χ3n) is 4.79. The van der Waals surface area contributed by atoms with E-state index in [-0.39, 0.29) is 24.4 Å². The van der Waals surface area contributed by atoms with Crippen LogP contribution in [0, 0.1) is 0 Å². The molecule has 0 spiro atoms. The second-order valence-corrected chi connectivity index (χ2v) is 7.08. The minimum Gasteiger partial charge on any atom is -0.355 e. The molecular formula is C23H28N4O2. The molecule has 2 aromatic carbocycles. The number of nitrogens with zero attached hydrogens (tertiary/aromatic N) is 2. The van der Waals surface area contributed by atoms with Crippen molar-refractivity contribution in [2.24, 2.45) is 0 Å². The number of rotatable bonds is 9. The van der Waals surface area contributed by atoms with E-state index in [1.54, 1.807) is 12.1 Å². The maximum atomic E-state index is 12.8. The first-order valence-electron chi connectivity index (χ1n) is 10.2. The number of imidazole rings is 1. The average Bonchev–Trinajstić information content (AvgIpc) is 3.11. The van der Waals surface area contributed by atoms with Gasteiger partial charge in [-0.3, -0.25) is 9.59 Å². The zero-order valence-electron chi connectivity index (χ0n) is 17.0. The normalized spacial score (nSPS) is 11.9. The van der Waals surface area contributed by atoms with Crippen molar-refractivity contribution in [3.63, 3.8) is 0 Å². The zero-order chi connectivity index (χ0) is 20.6. The number of hydrogen-bond acceptors (Lipinski definition) is 3. The quantitative estimate of drug-likeness (QED) is 0.581. The summed E-state index contributed by atoms with van der Waals surface area (Å²) in [6, 6.07) is 16.6. The van der Waals surface area contributed by atoms with Crippen LogP contribution < -0.4 is 10.6 Å². The van der Waals surface area contributed by atoms with Crippen LogP contribution in [0.15, 0.2) is 54.6 Å². The van der Waals surface area contributed by atoms with Gasteiger partial charge >= 0.3 is 0 Å². The van der Waals surface area contributed by atoms with Crippen LogP contribution in [0.1, 0.15) is 55.3 Å². The van der Waals surface area contributed by atoms with Crippen LogP contribution >= 0.6 is 0 Å². The van der Waals surface area contributed by atoms with Crippen LogP contribution in [-0.4, -0.2) is 27.9 Å². The summed E-state index contributed by atoms with van der Waals surface area (Å²) in [6.07, 6.45) is 2.50. The molecule has 0 fully saturated rings. The first-order chi connectivity index (χ1) is 14.1. The minimum absolute atomic E-state index is 0.0547. The van der Waals surface area contributed by atoms with Crippen molar-refractivity contribution >= 4 is 22.8 Å². The van der Waals surface area contributed by atoms with Crippen LogP contribution in [0.3, 0.4) is 0 Å². The zero-order valence-corrected chi connectivity index (χ0v) is 17.0. The van der Waals surface area contributed by atoms with Gasteiger partial charge in [-0.15, -0.1) is 0 Å². The SMILES string of the molecule is CCCNC(=O)Cn1c(C(CCC)NC(=O)c2ccccc2)nc2ccccc21. The molecule has 152 valence electrons. The van der Waals surface area contributed by atoms with E-state index in [9.17, 15) is 9.59 Å². The number of para-hydroxylation sites is 2. The van der Waals surface area contributed by atoms with E-state index in [0.717, 1.165) is 30.3 Å². The number of aromatic nitrogens is 2. The fraction of sp³-hybridized carbons (Fsp3) is 0.348. The molecule has 6 heteroatoms. The highest BCUT2D eigenvalue weighted by atomic mass is 16.2. The smallest absolute Gasteiger partial charge is 0.251 e. The van der Waals surface area contributed by atoms with Crippen LogP contribution in [0.5, 0.6) is 0 Å². The van der Waals surface area contributed by atoms with Gasteiger partial charge in [0.25, 0.3) is 5.91 Å². The molecule has 0 aliphatic heterocycles. The Labute approximate surface area is 171 Å². The average molecular weight is 393 g/mol. The Balaban J connectivity index is 1.94. The molecule has 0 saturated carbocycles. The summed E-state index contributed by atoms with van der Waals surface area (Å²) in [4.78, 5) is 30.0. The van der Waals surface area contributed by atoms with Gasteiger partial charge in [-0.05, 0) is 37.1 Å². The molecular weight excluding hydrogens is 364 g/mol. The second-order valence-electron chi connectivity index (χ2n) is 7.08. The van der Waals surface area contributed by atoms with Crippen molar-refractivity contribution in [3.05, 3.63) is 66.0 Å². The van der Waals surface area contributed by atoms with Crippen molar-refractivity contribution in [1.29, 1.82) is 0 Å². The van der Waals surface area contributed by atoms with E-state index in [4.69, 9.17) is 4.98 Å². The van der Waals surface area contributed by atoms with Crippen molar-refractivity contribution in [2.45, 2.75) is 45.7 Å². The Morgan fingerprint density at radius 1 is 1.00 bits per heavy atom. The summed E-state index contributed by atoms with van der Waals surface area (Å²) < 4.78 is 1.92. The van der Waals surface area contributed by atoms with Crippen molar-refractivity contribution < 1.29 is 9.59 Å². The van der Waals surface area contributed by atoms with Gasteiger partial charge in [-0.1, -0.05) is 50.6 Å². The summed E-state index contributed by atoms with van der Waals surface area (Å²) in [6.45, 7) is 4.92. The maximum absolute atomic E-state index is 12.8. The van der Waals surface area contributed by atoms with Gasteiger partial charge in [-0.25, -0.2) is 4.98 Å². The Bertz CT molecular complexity index is 965. The molecule has 1 heterocycles. The topological polar surface area (TPSA) is 76.0 Å². The van der Waals surface area contributed by atoms with Crippen LogP contribution in [-0.2, 0) is 11.3 Å². The summed E-state index contributed by atoms with van der Waals surface area (Å²) >= 11 is 0. The lowest BCUT2D eigenvalue weighted by Crippen LogP contribution is -2.33. The van der Waals surface area contributed by atoms with Gasteiger partial charge in [0.2, 0.25) is 5.91 Å². The number of fused-ring (bicyclic) bond motifs is 1. The lowest BCUT2D eigenvalue weighted by Gasteiger charge is -2.20. The predicted molar refractivity (Wildman–Crippen MR) is 115 cm³/mol. The molecule has 2 amide bonds. The van der Waals surface area contributed by atoms with E-state index in [1.807, 2.05) is 54.0 Å². The number of carbonyl (C=O) groups is 2. The molecule has 6 nitrogen and oxygen atoms in total. The van der Waals surface area contributed by atoms with Gasteiger partial charge in [0, 0.05) is 12.1 Å². The predicted octanol–water partition coefficient (Wildman–Crippen LogP) is 3.83. The van der Waals surface area contributed by atoms with E-state index in [2.05, 4.69) is 17.6 Å². The van der Waals surface area contributed by atoms with Crippen LogP contribution in [0.25, 0.3) is 11.0 Å². The monoisotopic (exact) mass is 392 g/mol. The molecule has 0 saturated heterocycles. The van der Waals surface area contributed by atoms with Crippen LogP contribution in [0.4, 0.5) is 0 Å². The highest BCUT2D eigenvalue weighted by Gasteiger charge is 2.23. The number of hydrogen-bond donors (Lipinski definition) is 2. The fourth-order valence-corrected chi connectivity index (χ4v) is 3.38. The highest BCUT2D eigenvalue weighted by molar-refractivity contribution is 5.94. The molecule has 0 aliphatic rings. The van der Waals surface area contributed by atoms with Crippen molar-refractivity contribution in [1.82, 2.24) is 20.2 Å². The van der Waals surface area contributed by atoms with E-state index in [1.165, 1.54) is 0 Å². The Hall–Kier alpha value is -3.15. The summed E-state index contributed by atoms with van der Waals surface area (Å²) in [5.41, 5.74) is 2.32. The van der Waals surface area contributed by atoms with E-state index in [0.29, 0.717) is 17.9 Å². The number of benzene rings is 2. The molecule has 0 radical (unpaired) electrons. The second kappa shape index (κ2) is 9.87. The van der Waals surface area contributed by atoms with Crippen molar-refractivity contribution in [2.75, 3.05) is 6.54 Å². The van der Waals surface area contributed by atoms with Gasteiger partial charge in [0.15, 0.2) is 0 Å².